The Kier molecular flexibility index (Phi) is 6.55. The van der Waals surface area contributed by atoms with E-state index in [0.29, 0.717) is 24.7 Å². The summed E-state index contributed by atoms with van der Waals surface area (Å²) in [4.78, 5) is 17.4. The number of likely N-dealkylation sites (tertiary alicyclic amines) is 1. The number of carbonyl (C=O) groups excluding carboxylic acids is 1. The molecule has 4 atom stereocenters. The molecule has 7 heteroatoms. The first kappa shape index (κ1) is 20.3. The fraction of sp³-hybridized carbons (Fsp3) is 0.800. The molecule has 0 spiro atoms. The molecule has 2 fully saturated rings. The normalized spacial score (nSPS) is 29.4. The van der Waals surface area contributed by atoms with Gasteiger partial charge in [0.1, 0.15) is 5.69 Å². The van der Waals surface area contributed by atoms with E-state index < -0.39 is 0 Å². The molecule has 7 nitrogen and oxygen atoms in total. The van der Waals surface area contributed by atoms with Gasteiger partial charge in [0.15, 0.2) is 0 Å². The number of aromatic nitrogens is 2. The third-order valence-corrected chi connectivity index (χ3v) is 5.74. The van der Waals surface area contributed by atoms with E-state index in [-0.39, 0.29) is 30.6 Å². The highest BCUT2D eigenvalue weighted by atomic mass is 16.5. The first-order valence-corrected chi connectivity index (χ1v) is 10.2. The van der Waals surface area contributed by atoms with Gasteiger partial charge < -0.3 is 14.7 Å². The number of hydrogen-bond acceptors (Lipinski definition) is 5. The van der Waals surface area contributed by atoms with Gasteiger partial charge in [-0.15, -0.1) is 0 Å². The maximum Gasteiger partial charge on any atom is 0.272 e. The first-order chi connectivity index (χ1) is 12.9. The fourth-order valence-electron chi connectivity index (χ4n) is 4.55. The Morgan fingerprint density at radius 2 is 1.89 bits per heavy atom. The van der Waals surface area contributed by atoms with Gasteiger partial charge in [-0.1, -0.05) is 13.3 Å². The summed E-state index contributed by atoms with van der Waals surface area (Å²) in [6.07, 6.45) is 2.36. The summed E-state index contributed by atoms with van der Waals surface area (Å²) in [7, 11) is 1.83. The average molecular weight is 379 g/mol. The van der Waals surface area contributed by atoms with Crippen LogP contribution >= 0.6 is 0 Å². The zero-order valence-electron chi connectivity index (χ0n) is 17.1. The van der Waals surface area contributed by atoms with Crippen LogP contribution in [0.15, 0.2) is 6.07 Å². The summed E-state index contributed by atoms with van der Waals surface area (Å²) >= 11 is 0. The molecule has 2 aliphatic rings. The predicted octanol–water partition coefficient (Wildman–Crippen LogP) is 1.16. The Bertz CT molecular complexity index is 637. The first-order valence-electron chi connectivity index (χ1n) is 10.2. The molecule has 2 aliphatic heterocycles. The minimum atomic E-state index is 0.0250. The molecule has 1 aromatic rings. The summed E-state index contributed by atoms with van der Waals surface area (Å²) in [5, 5.41) is 14.3. The van der Waals surface area contributed by atoms with Gasteiger partial charge in [0.25, 0.3) is 5.91 Å². The van der Waals surface area contributed by atoms with Crippen molar-refractivity contribution in [2.24, 2.45) is 18.9 Å². The van der Waals surface area contributed by atoms with Crippen molar-refractivity contribution >= 4 is 5.91 Å². The minimum absolute atomic E-state index is 0.0250. The van der Waals surface area contributed by atoms with Gasteiger partial charge in [-0.05, 0) is 32.3 Å². The molecule has 152 valence electrons. The smallest absolute Gasteiger partial charge is 0.272 e. The molecule has 0 saturated carbocycles. The van der Waals surface area contributed by atoms with E-state index in [2.05, 4.69) is 30.8 Å². The lowest BCUT2D eigenvalue weighted by atomic mass is 9.96. The third kappa shape index (κ3) is 4.70. The Labute approximate surface area is 162 Å². The van der Waals surface area contributed by atoms with Crippen LogP contribution < -0.4 is 0 Å². The van der Waals surface area contributed by atoms with E-state index >= 15 is 0 Å². The maximum atomic E-state index is 13.0. The predicted molar refractivity (Wildman–Crippen MR) is 104 cm³/mol. The number of aryl methyl sites for hydroxylation is 2. The van der Waals surface area contributed by atoms with E-state index in [4.69, 9.17) is 4.74 Å². The Morgan fingerprint density at radius 1 is 1.22 bits per heavy atom. The second-order valence-corrected chi connectivity index (χ2v) is 8.28. The monoisotopic (exact) mass is 378 g/mol. The molecule has 0 bridgehead atoms. The van der Waals surface area contributed by atoms with Crippen LogP contribution in [0.25, 0.3) is 0 Å². The van der Waals surface area contributed by atoms with E-state index in [1.54, 1.807) is 4.68 Å². The molecule has 1 N–H and O–H groups in total. The van der Waals surface area contributed by atoms with Crippen molar-refractivity contribution in [3.8, 4) is 0 Å². The van der Waals surface area contributed by atoms with Crippen LogP contribution in [-0.4, -0.2) is 82.1 Å². The number of morpholine rings is 1. The quantitative estimate of drug-likeness (QED) is 0.804. The molecule has 0 radical (unpaired) electrons. The van der Waals surface area contributed by atoms with Crippen LogP contribution in [0.2, 0.25) is 0 Å². The van der Waals surface area contributed by atoms with Crippen molar-refractivity contribution < 1.29 is 14.6 Å². The van der Waals surface area contributed by atoms with Crippen molar-refractivity contribution in [2.75, 3.05) is 39.3 Å². The van der Waals surface area contributed by atoms with Gasteiger partial charge in [-0.25, -0.2) is 0 Å². The zero-order chi connectivity index (χ0) is 19.6. The lowest BCUT2D eigenvalue weighted by molar-refractivity contribution is -0.0726. The lowest BCUT2D eigenvalue weighted by Crippen LogP contribution is -2.48. The summed E-state index contributed by atoms with van der Waals surface area (Å²) < 4.78 is 7.52. The molecule has 0 aromatic carbocycles. The molecule has 2 saturated heterocycles. The van der Waals surface area contributed by atoms with E-state index in [1.807, 2.05) is 18.0 Å². The lowest BCUT2D eigenvalue weighted by Gasteiger charge is -2.37. The molecule has 1 aromatic heterocycles. The molecule has 3 heterocycles. The molecule has 0 unspecified atom stereocenters. The van der Waals surface area contributed by atoms with Gasteiger partial charge in [0.05, 0.1) is 17.9 Å². The van der Waals surface area contributed by atoms with E-state index in [9.17, 15) is 9.90 Å². The second kappa shape index (κ2) is 8.71. The van der Waals surface area contributed by atoms with Crippen molar-refractivity contribution in [1.29, 1.82) is 0 Å². The van der Waals surface area contributed by atoms with Gasteiger partial charge in [-0.3, -0.25) is 14.4 Å². The number of carbonyl (C=O) groups is 1. The molecule has 27 heavy (non-hydrogen) atoms. The maximum absolute atomic E-state index is 13.0. The topological polar surface area (TPSA) is 70.8 Å². The Balaban J connectivity index is 1.65. The van der Waals surface area contributed by atoms with E-state index in [0.717, 1.165) is 38.2 Å². The molecular weight excluding hydrogens is 344 g/mol. The number of ether oxygens (including phenoxy) is 1. The molecular formula is C20H34N4O3. The summed E-state index contributed by atoms with van der Waals surface area (Å²) in [6, 6.07) is 1.92. The highest BCUT2D eigenvalue weighted by Gasteiger charge is 2.37. The minimum Gasteiger partial charge on any atom is -0.396 e. The van der Waals surface area contributed by atoms with Crippen molar-refractivity contribution in [1.82, 2.24) is 19.6 Å². The van der Waals surface area contributed by atoms with Gasteiger partial charge in [0.2, 0.25) is 0 Å². The second-order valence-electron chi connectivity index (χ2n) is 8.28. The summed E-state index contributed by atoms with van der Waals surface area (Å²) in [6.45, 7) is 10.5. The van der Waals surface area contributed by atoms with Crippen molar-refractivity contribution in [3.05, 3.63) is 17.5 Å². The highest BCUT2D eigenvalue weighted by Crippen LogP contribution is 2.27. The Hall–Kier alpha value is -1.44. The largest absolute Gasteiger partial charge is 0.396 e. The van der Waals surface area contributed by atoms with Crippen LogP contribution in [0.3, 0.4) is 0 Å². The highest BCUT2D eigenvalue weighted by molar-refractivity contribution is 5.93. The number of rotatable bonds is 6. The zero-order valence-corrected chi connectivity index (χ0v) is 17.1. The van der Waals surface area contributed by atoms with Gasteiger partial charge in [0, 0.05) is 52.3 Å². The molecule has 1 amide bonds. The molecule has 3 rings (SSSR count). The van der Waals surface area contributed by atoms with Gasteiger partial charge in [-0.2, -0.15) is 5.10 Å². The standard InChI is InChI=1S/C20H34N4O3/c1-5-6-18-7-19(22(4)21-18)20(26)24-11-16(17(12-24)13-25)10-23-8-14(2)27-15(3)9-23/h7,14-17,25H,5-6,8-13H2,1-4H3/t14-,15+,16-,17-/m1/s1. The van der Waals surface area contributed by atoms with Gasteiger partial charge >= 0.3 is 0 Å². The summed E-state index contributed by atoms with van der Waals surface area (Å²) in [5.41, 5.74) is 1.61. The number of hydrogen-bond donors (Lipinski definition) is 1. The van der Waals surface area contributed by atoms with Crippen LogP contribution in [0.4, 0.5) is 0 Å². The molecule has 0 aliphatic carbocycles. The van der Waals surface area contributed by atoms with Crippen LogP contribution in [0.1, 0.15) is 43.4 Å². The van der Waals surface area contributed by atoms with Crippen molar-refractivity contribution in [2.45, 2.75) is 45.8 Å². The fourth-order valence-corrected chi connectivity index (χ4v) is 4.55. The van der Waals surface area contributed by atoms with Crippen LogP contribution in [0.5, 0.6) is 0 Å². The number of aliphatic hydroxyl groups is 1. The summed E-state index contributed by atoms with van der Waals surface area (Å²) in [5.74, 6) is 0.447. The van der Waals surface area contributed by atoms with Crippen molar-refractivity contribution in [3.63, 3.8) is 0 Å². The number of aliphatic hydroxyl groups excluding tert-OH is 1. The Morgan fingerprint density at radius 3 is 2.52 bits per heavy atom. The van der Waals surface area contributed by atoms with Crippen LogP contribution in [-0.2, 0) is 18.2 Å². The number of amides is 1. The van der Waals surface area contributed by atoms with E-state index in [1.165, 1.54) is 0 Å². The SMILES string of the molecule is CCCc1cc(C(=O)N2C[C@@H](CN3C[C@@H](C)O[C@@H](C)C3)[C@@H](CO)C2)n(C)n1. The van der Waals surface area contributed by atoms with Crippen LogP contribution in [0, 0.1) is 11.8 Å². The third-order valence-electron chi connectivity index (χ3n) is 5.74. The number of nitrogens with zero attached hydrogens (tertiary/aromatic N) is 4. The average Bonchev–Trinajstić information content (AvgIpc) is 3.17.